The number of nitrogens with zero attached hydrogens (tertiary/aromatic N) is 2. The maximum atomic E-state index is 11.8. The van der Waals surface area contributed by atoms with Crippen molar-refractivity contribution in [3.05, 3.63) is 56.4 Å². The number of halogens is 1. The molecule has 0 radical (unpaired) electrons. The van der Waals surface area contributed by atoms with Gasteiger partial charge < -0.3 is 10.1 Å². The fraction of sp³-hybridized carbons (Fsp3) is 0.375. The number of benzene rings is 1. The largest absolute Gasteiger partial charge is 0.379 e. The van der Waals surface area contributed by atoms with Crippen molar-refractivity contribution in [1.29, 1.82) is 0 Å². The molecular formula is C16H20BrN3O2. The molecule has 6 heteroatoms. The van der Waals surface area contributed by atoms with Gasteiger partial charge in [0.1, 0.15) is 4.47 Å². The quantitative estimate of drug-likeness (QED) is 0.854. The smallest absolute Gasteiger partial charge is 0.282 e. The van der Waals surface area contributed by atoms with Gasteiger partial charge in [-0.05, 0) is 40.9 Å². The average Bonchev–Trinajstić information content (AvgIpc) is 2.51. The Kier molecular flexibility index (Phi) is 5.74. The summed E-state index contributed by atoms with van der Waals surface area (Å²) in [5.41, 5.74) is 2.80. The Balaban J connectivity index is 1.97. The van der Waals surface area contributed by atoms with Crippen molar-refractivity contribution >= 4 is 21.6 Å². The molecule has 0 aliphatic rings. The van der Waals surface area contributed by atoms with Crippen molar-refractivity contribution in [2.45, 2.75) is 33.1 Å². The molecule has 1 N–H and O–H groups in total. The number of hydrogen-bond donors (Lipinski definition) is 1. The van der Waals surface area contributed by atoms with Crippen LogP contribution in [0.4, 0.5) is 5.69 Å². The third kappa shape index (κ3) is 4.42. The van der Waals surface area contributed by atoms with E-state index in [4.69, 9.17) is 4.74 Å². The summed E-state index contributed by atoms with van der Waals surface area (Å²) in [6, 6.07) is 8.20. The molecule has 1 aromatic carbocycles. The highest BCUT2D eigenvalue weighted by Crippen LogP contribution is 2.17. The van der Waals surface area contributed by atoms with Gasteiger partial charge in [0.05, 0.1) is 24.6 Å². The van der Waals surface area contributed by atoms with Crippen LogP contribution in [0, 0.1) is 0 Å². The second kappa shape index (κ2) is 7.56. The lowest BCUT2D eigenvalue weighted by atomic mass is 10.1. The van der Waals surface area contributed by atoms with Crippen LogP contribution in [0.15, 0.2) is 39.7 Å². The molecule has 0 aliphatic carbocycles. The van der Waals surface area contributed by atoms with Crippen LogP contribution >= 0.6 is 15.9 Å². The number of hydrogen-bond acceptors (Lipinski definition) is 4. The second-order valence-electron chi connectivity index (χ2n) is 5.33. The molecule has 0 aliphatic heterocycles. The van der Waals surface area contributed by atoms with E-state index in [1.807, 2.05) is 13.8 Å². The lowest BCUT2D eigenvalue weighted by Crippen LogP contribution is -2.21. The second-order valence-corrected chi connectivity index (χ2v) is 6.12. The van der Waals surface area contributed by atoms with Gasteiger partial charge in [-0.25, -0.2) is 4.68 Å². The number of nitrogens with one attached hydrogen (secondary N) is 1. The summed E-state index contributed by atoms with van der Waals surface area (Å²) in [7, 11) is 1.62. The van der Waals surface area contributed by atoms with E-state index in [9.17, 15) is 4.79 Å². The van der Waals surface area contributed by atoms with Gasteiger partial charge in [-0.2, -0.15) is 5.10 Å². The van der Waals surface area contributed by atoms with E-state index < -0.39 is 0 Å². The van der Waals surface area contributed by atoms with E-state index >= 15 is 0 Å². The highest BCUT2D eigenvalue weighted by Gasteiger charge is 2.06. The molecule has 0 saturated carbocycles. The molecule has 0 unspecified atom stereocenters. The number of aromatic nitrogens is 2. The molecule has 5 nitrogen and oxygen atoms in total. The molecule has 0 amide bonds. The van der Waals surface area contributed by atoms with E-state index in [2.05, 4.69) is 50.6 Å². The zero-order valence-electron chi connectivity index (χ0n) is 13.0. The van der Waals surface area contributed by atoms with Crippen LogP contribution in [-0.4, -0.2) is 15.9 Å². The zero-order chi connectivity index (χ0) is 16.1. The van der Waals surface area contributed by atoms with Crippen LogP contribution in [-0.2, 0) is 24.9 Å². The predicted octanol–water partition coefficient (Wildman–Crippen LogP) is 3.08. The van der Waals surface area contributed by atoms with Gasteiger partial charge in [0, 0.05) is 13.6 Å². The highest BCUT2D eigenvalue weighted by molar-refractivity contribution is 9.10. The first-order chi connectivity index (χ1) is 10.5. The third-order valence-corrected chi connectivity index (χ3v) is 3.93. The van der Waals surface area contributed by atoms with Crippen LogP contribution in [0.5, 0.6) is 0 Å². The third-order valence-electron chi connectivity index (χ3n) is 3.17. The van der Waals surface area contributed by atoms with Gasteiger partial charge in [-0.15, -0.1) is 0 Å². The summed E-state index contributed by atoms with van der Waals surface area (Å²) in [5, 5.41) is 7.21. The van der Waals surface area contributed by atoms with Crippen LogP contribution in [0.2, 0.25) is 0 Å². The Morgan fingerprint density at radius 3 is 2.55 bits per heavy atom. The van der Waals surface area contributed by atoms with Gasteiger partial charge in [-0.1, -0.05) is 24.3 Å². The molecule has 2 aromatic rings. The van der Waals surface area contributed by atoms with Crippen LogP contribution < -0.4 is 10.9 Å². The van der Waals surface area contributed by atoms with Crippen LogP contribution in [0.3, 0.4) is 0 Å². The molecule has 0 bridgehead atoms. The van der Waals surface area contributed by atoms with Crippen molar-refractivity contribution in [2.75, 3.05) is 5.32 Å². The predicted molar refractivity (Wildman–Crippen MR) is 90.9 cm³/mol. The SMILES string of the molecule is CC(C)OCc1ccc(CNc2cnn(C)c(=O)c2Br)cc1. The lowest BCUT2D eigenvalue weighted by molar-refractivity contribution is 0.0657. The summed E-state index contributed by atoms with van der Waals surface area (Å²) >= 11 is 3.30. The van der Waals surface area contributed by atoms with E-state index in [1.165, 1.54) is 4.68 Å². The monoisotopic (exact) mass is 365 g/mol. The van der Waals surface area contributed by atoms with Gasteiger partial charge in [0.25, 0.3) is 5.56 Å². The Morgan fingerprint density at radius 2 is 1.91 bits per heavy atom. The molecule has 0 saturated heterocycles. The average molecular weight is 366 g/mol. The maximum Gasteiger partial charge on any atom is 0.282 e. The molecule has 0 spiro atoms. The molecule has 0 fully saturated rings. The fourth-order valence-corrected chi connectivity index (χ4v) is 2.35. The topological polar surface area (TPSA) is 56.1 Å². The zero-order valence-corrected chi connectivity index (χ0v) is 14.6. The van der Waals surface area contributed by atoms with E-state index in [0.717, 1.165) is 11.1 Å². The Hall–Kier alpha value is -1.66. The number of anilines is 1. The van der Waals surface area contributed by atoms with Gasteiger partial charge in [-0.3, -0.25) is 4.79 Å². The van der Waals surface area contributed by atoms with E-state index in [-0.39, 0.29) is 11.7 Å². The Bertz CT molecular complexity index is 681. The summed E-state index contributed by atoms with van der Waals surface area (Å²) in [5.74, 6) is 0. The van der Waals surface area contributed by atoms with Crippen molar-refractivity contribution < 1.29 is 4.74 Å². The molecule has 1 aromatic heterocycles. The normalized spacial score (nSPS) is 11.0. The summed E-state index contributed by atoms with van der Waals surface area (Å²) in [4.78, 5) is 11.8. The first-order valence-electron chi connectivity index (χ1n) is 7.12. The molecule has 1 heterocycles. The van der Waals surface area contributed by atoms with E-state index in [1.54, 1.807) is 13.2 Å². The van der Waals surface area contributed by atoms with Crippen molar-refractivity contribution in [2.24, 2.45) is 7.05 Å². The molecule has 22 heavy (non-hydrogen) atoms. The van der Waals surface area contributed by atoms with Crippen LogP contribution in [0.25, 0.3) is 0 Å². The van der Waals surface area contributed by atoms with Gasteiger partial charge >= 0.3 is 0 Å². The van der Waals surface area contributed by atoms with Crippen molar-refractivity contribution in [3.8, 4) is 0 Å². The number of ether oxygens (including phenoxy) is 1. The first kappa shape index (κ1) is 16.7. The summed E-state index contributed by atoms with van der Waals surface area (Å²) < 4.78 is 7.35. The van der Waals surface area contributed by atoms with Crippen molar-refractivity contribution in [1.82, 2.24) is 9.78 Å². The molecule has 2 rings (SSSR count). The minimum absolute atomic E-state index is 0.161. The molecule has 0 atom stereocenters. The number of aryl methyl sites for hydroxylation is 1. The minimum Gasteiger partial charge on any atom is -0.379 e. The first-order valence-corrected chi connectivity index (χ1v) is 7.91. The standard InChI is InChI=1S/C16H20BrN3O2/c1-11(2)22-10-13-6-4-12(5-7-13)8-18-14-9-19-20(3)16(21)15(14)17/h4-7,9,11,18H,8,10H2,1-3H3. The Morgan fingerprint density at radius 1 is 1.27 bits per heavy atom. The minimum atomic E-state index is -0.161. The highest BCUT2D eigenvalue weighted by atomic mass is 79.9. The van der Waals surface area contributed by atoms with Crippen LogP contribution in [0.1, 0.15) is 25.0 Å². The van der Waals surface area contributed by atoms with Crippen molar-refractivity contribution in [3.63, 3.8) is 0 Å². The maximum absolute atomic E-state index is 11.8. The summed E-state index contributed by atoms with van der Waals surface area (Å²) in [6.07, 6.45) is 1.86. The number of rotatable bonds is 6. The fourth-order valence-electron chi connectivity index (χ4n) is 1.85. The molecular weight excluding hydrogens is 346 g/mol. The summed E-state index contributed by atoms with van der Waals surface area (Å²) in [6.45, 7) is 5.29. The van der Waals surface area contributed by atoms with Gasteiger partial charge in [0.2, 0.25) is 0 Å². The van der Waals surface area contributed by atoms with E-state index in [0.29, 0.717) is 23.3 Å². The van der Waals surface area contributed by atoms with Gasteiger partial charge in [0.15, 0.2) is 0 Å². The lowest BCUT2D eigenvalue weighted by Gasteiger charge is -2.10. The Labute approximate surface area is 138 Å². The molecule has 118 valence electrons.